The predicted molar refractivity (Wildman–Crippen MR) is 136 cm³/mol. The van der Waals surface area contributed by atoms with Gasteiger partial charge < -0.3 is 9.80 Å². The van der Waals surface area contributed by atoms with E-state index in [0.717, 1.165) is 69.8 Å². The second kappa shape index (κ2) is 12.5. The molecule has 1 aromatic carbocycles. The molecule has 1 amide bonds. The first-order chi connectivity index (χ1) is 16.5. The van der Waals surface area contributed by atoms with Crippen molar-refractivity contribution in [2.75, 3.05) is 45.8 Å². The van der Waals surface area contributed by atoms with Gasteiger partial charge in [-0.15, -0.1) is 0 Å². The third-order valence-corrected chi connectivity index (χ3v) is 9.85. The van der Waals surface area contributed by atoms with Gasteiger partial charge >= 0.3 is 0 Å². The van der Waals surface area contributed by atoms with E-state index in [4.69, 9.17) is 0 Å². The molecule has 7 heteroatoms. The topological polar surface area (TPSA) is 60.9 Å². The number of hydrogen-bond acceptors (Lipinski definition) is 4. The number of carbonyl (C=O) groups is 1. The van der Waals surface area contributed by atoms with Gasteiger partial charge in [0.15, 0.2) is 0 Å². The van der Waals surface area contributed by atoms with Crippen LogP contribution >= 0.6 is 0 Å². The van der Waals surface area contributed by atoms with Crippen LogP contribution in [0.1, 0.15) is 76.2 Å². The third-order valence-electron chi connectivity index (χ3n) is 7.94. The molecule has 4 rings (SSSR count). The number of carbonyl (C=O) groups excluding carboxylic acids is 1. The first-order valence-corrected chi connectivity index (χ1v) is 15.1. The zero-order chi connectivity index (χ0) is 23.8. The predicted octanol–water partition coefficient (Wildman–Crippen LogP) is 4.30. The van der Waals surface area contributed by atoms with E-state index >= 15 is 0 Å². The molecule has 190 valence electrons. The van der Waals surface area contributed by atoms with Crippen LogP contribution in [-0.2, 0) is 21.2 Å². The first kappa shape index (κ1) is 25.6. The average molecular weight is 490 g/mol. The Morgan fingerprint density at radius 3 is 2.15 bits per heavy atom. The fourth-order valence-corrected chi connectivity index (χ4v) is 7.32. The van der Waals surface area contributed by atoms with E-state index in [9.17, 15) is 13.2 Å². The van der Waals surface area contributed by atoms with E-state index in [0.29, 0.717) is 30.8 Å². The molecular weight excluding hydrogens is 446 g/mol. The quantitative estimate of drug-likeness (QED) is 0.573. The zero-order valence-corrected chi connectivity index (χ0v) is 21.6. The van der Waals surface area contributed by atoms with Crippen molar-refractivity contribution in [3.8, 4) is 0 Å². The van der Waals surface area contributed by atoms with Crippen LogP contribution in [0.3, 0.4) is 0 Å². The van der Waals surface area contributed by atoms with Crippen LogP contribution in [0.4, 0.5) is 0 Å². The Bertz CT molecular complexity index is 873. The number of amides is 1. The van der Waals surface area contributed by atoms with Crippen molar-refractivity contribution in [3.63, 3.8) is 0 Å². The maximum absolute atomic E-state index is 13.0. The van der Waals surface area contributed by atoms with Gasteiger partial charge in [-0.1, -0.05) is 44.2 Å². The summed E-state index contributed by atoms with van der Waals surface area (Å²) in [6.07, 6.45) is 13.2. The molecule has 0 aromatic heterocycles. The van der Waals surface area contributed by atoms with E-state index in [1.54, 1.807) is 16.4 Å². The maximum Gasteiger partial charge on any atom is 0.243 e. The van der Waals surface area contributed by atoms with Gasteiger partial charge in [0, 0.05) is 45.7 Å². The molecule has 2 heterocycles. The third kappa shape index (κ3) is 7.05. The van der Waals surface area contributed by atoms with Gasteiger partial charge in [0.05, 0.1) is 4.90 Å². The number of sulfonamides is 1. The summed E-state index contributed by atoms with van der Waals surface area (Å²) >= 11 is 0. The van der Waals surface area contributed by atoms with Crippen LogP contribution in [0.15, 0.2) is 29.2 Å². The molecule has 0 bridgehead atoms. The van der Waals surface area contributed by atoms with Gasteiger partial charge in [-0.05, 0) is 68.7 Å². The summed E-state index contributed by atoms with van der Waals surface area (Å²) in [5.74, 6) is 1.07. The molecule has 3 fully saturated rings. The number of benzene rings is 1. The normalized spacial score (nSPS) is 22.3. The molecule has 0 atom stereocenters. The SMILES string of the molecule is O=C(CCc1ccc(S(=O)(=O)N2CCCCCC2)cc1)N1CCCN(CC2CCCCC2)CC1. The van der Waals surface area contributed by atoms with E-state index < -0.39 is 10.0 Å². The van der Waals surface area contributed by atoms with Crippen LogP contribution in [0.25, 0.3) is 0 Å². The van der Waals surface area contributed by atoms with Crippen molar-refractivity contribution >= 4 is 15.9 Å². The number of aryl methyl sites for hydroxylation is 1. The summed E-state index contributed by atoms with van der Waals surface area (Å²) in [5.41, 5.74) is 1.02. The Morgan fingerprint density at radius 1 is 0.765 bits per heavy atom. The minimum absolute atomic E-state index is 0.223. The highest BCUT2D eigenvalue weighted by atomic mass is 32.2. The Morgan fingerprint density at radius 2 is 1.44 bits per heavy atom. The van der Waals surface area contributed by atoms with Gasteiger partial charge in [-0.2, -0.15) is 4.31 Å². The van der Waals surface area contributed by atoms with Crippen LogP contribution in [-0.4, -0.2) is 74.2 Å². The molecule has 0 radical (unpaired) electrons. The molecule has 3 aliphatic rings. The highest BCUT2D eigenvalue weighted by Crippen LogP contribution is 2.25. The second-order valence-corrected chi connectivity index (χ2v) is 12.4. The fourth-order valence-electron chi connectivity index (χ4n) is 5.81. The summed E-state index contributed by atoms with van der Waals surface area (Å²) in [6, 6.07) is 7.20. The molecule has 1 saturated carbocycles. The largest absolute Gasteiger partial charge is 0.341 e. The van der Waals surface area contributed by atoms with Crippen molar-refractivity contribution in [1.29, 1.82) is 0 Å². The van der Waals surface area contributed by atoms with Gasteiger partial charge in [-0.3, -0.25) is 4.79 Å². The van der Waals surface area contributed by atoms with Crippen molar-refractivity contribution in [3.05, 3.63) is 29.8 Å². The van der Waals surface area contributed by atoms with Gasteiger partial charge in [0.25, 0.3) is 0 Å². The Hall–Kier alpha value is -1.44. The summed E-state index contributed by atoms with van der Waals surface area (Å²) in [7, 11) is -3.42. The smallest absolute Gasteiger partial charge is 0.243 e. The number of hydrogen-bond donors (Lipinski definition) is 0. The van der Waals surface area contributed by atoms with Crippen LogP contribution in [0.2, 0.25) is 0 Å². The number of rotatable bonds is 7. The van der Waals surface area contributed by atoms with Crippen LogP contribution < -0.4 is 0 Å². The van der Waals surface area contributed by atoms with Crippen molar-refractivity contribution in [1.82, 2.24) is 14.1 Å². The summed E-state index contributed by atoms with van der Waals surface area (Å²) in [4.78, 5) is 17.9. The minimum Gasteiger partial charge on any atom is -0.341 e. The first-order valence-electron chi connectivity index (χ1n) is 13.6. The van der Waals surface area contributed by atoms with E-state index in [1.165, 1.54) is 38.6 Å². The molecule has 34 heavy (non-hydrogen) atoms. The van der Waals surface area contributed by atoms with Crippen molar-refractivity contribution < 1.29 is 13.2 Å². The average Bonchev–Trinajstić information content (AvgIpc) is 3.27. The van der Waals surface area contributed by atoms with Crippen LogP contribution in [0.5, 0.6) is 0 Å². The summed E-state index contributed by atoms with van der Waals surface area (Å²) < 4.78 is 27.6. The van der Waals surface area contributed by atoms with Gasteiger partial charge in [-0.25, -0.2) is 8.42 Å². The standard InChI is InChI=1S/C27H43N3O3S/c31-27(29-18-8-17-28(21-22-29)23-25-9-4-3-5-10-25)16-13-24-11-14-26(15-12-24)34(32,33)30-19-6-1-2-7-20-30/h11-12,14-15,25H,1-10,13,16-23H2. The van der Waals surface area contributed by atoms with Gasteiger partial charge in [0.1, 0.15) is 0 Å². The zero-order valence-electron chi connectivity index (χ0n) is 20.8. The second-order valence-electron chi connectivity index (χ2n) is 10.5. The molecule has 0 unspecified atom stereocenters. The Labute approximate surface area is 206 Å². The van der Waals surface area contributed by atoms with Crippen molar-refractivity contribution in [2.45, 2.75) is 81.9 Å². The summed E-state index contributed by atoms with van der Waals surface area (Å²) in [6.45, 7) is 6.22. The van der Waals surface area contributed by atoms with E-state index in [-0.39, 0.29) is 5.91 Å². The molecule has 1 aliphatic carbocycles. The lowest BCUT2D eigenvalue weighted by Gasteiger charge is -2.28. The fraction of sp³-hybridized carbons (Fsp3) is 0.741. The monoisotopic (exact) mass is 489 g/mol. The lowest BCUT2D eigenvalue weighted by Crippen LogP contribution is -2.37. The number of nitrogens with zero attached hydrogens (tertiary/aromatic N) is 3. The molecular formula is C27H43N3O3S. The highest BCUT2D eigenvalue weighted by Gasteiger charge is 2.25. The summed E-state index contributed by atoms with van der Waals surface area (Å²) in [5, 5.41) is 0. The lowest BCUT2D eigenvalue weighted by atomic mass is 9.89. The Kier molecular flexibility index (Phi) is 9.43. The molecule has 6 nitrogen and oxygen atoms in total. The minimum atomic E-state index is -3.42. The lowest BCUT2D eigenvalue weighted by molar-refractivity contribution is -0.131. The Balaban J connectivity index is 1.24. The van der Waals surface area contributed by atoms with E-state index in [1.807, 2.05) is 17.0 Å². The molecule has 1 aromatic rings. The van der Waals surface area contributed by atoms with Crippen LogP contribution in [0, 0.1) is 5.92 Å². The van der Waals surface area contributed by atoms with Gasteiger partial charge in [0.2, 0.25) is 15.9 Å². The highest BCUT2D eigenvalue weighted by molar-refractivity contribution is 7.89. The molecule has 0 spiro atoms. The molecule has 2 aliphatic heterocycles. The van der Waals surface area contributed by atoms with Crippen molar-refractivity contribution in [2.24, 2.45) is 5.92 Å². The molecule has 2 saturated heterocycles. The maximum atomic E-state index is 13.0. The molecule has 0 N–H and O–H groups in total. The van der Waals surface area contributed by atoms with E-state index in [2.05, 4.69) is 4.90 Å².